The van der Waals surface area contributed by atoms with Crippen molar-refractivity contribution in [3.05, 3.63) is 54.1 Å². The number of morpholine rings is 1. The average molecular weight is 465 g/mol. The summed E-state index contributed by atoms with van der Waals surface area (Å²) in [5.41, 5.74) is 0.737. The molecule has 2 aliphatic rings. The van der Waals surface area contributed by atoms with E-state index in [0.29, 0.717) is 11.5 Å². The Morgan fingerprint density at radius 2 is 1.66 bits per heavy atom. The van der Waals surface area contributed by atoms with Crippen molar-refractivity contribution >= 4 is 10.0 Å². The lowest BCUT2D eigenvalue weighted by Gasteiger charge is -2.32. The van der Waals surface area contributed by atoms with Crippen molar-refractivity contribution in [2.24, 2.45) is 5.92 Å². The van der Waals surface area contributed by atoms with Crippen molar-refractivity contribution in [1.29, 1.82) is 0 Å². The topological polar surface area (TPSA) is 58.6 Å². The number of ether oxygens (including phenoxy) is 1. The maximum Gasteiger partial charge on any atom is 0.240 e. The number of hydrogen-bond donors (Lipinski definition) is 1. The predicted molar refractivity (Wildman–Crippen MR) is 120 cm³/mol. The molecular weight excluding hydrogens is 434 g/mol. The first-order valence-electron chi connectivity index (χ1n) is 11.3. The second-order valence-electron chi connectivity index (χ2n) is 8.73. The highest BCUT2D eigenvalue weighted by Crippen LogP contribution is 2.29. The van der Waals surface area contributed by atoms with E-state index in [1.807, 2.05) is 0 Å². The molecule has 1 heterocycles. The summed E-state index contributed by atoms with van der Waals surface area (Å²) in [7, 11) is -3.65. The van der Waals surface area contributed by atoms with Gasteiger partial charge >= 0.3 is 0 Å². The molecule has 174 valence electrons. The lowest BCUT2D eigenvalue weighted by Crippen LogP contribution is -2.39. The summed E-state index contributed by atoms with van der Waals surface area (Å²) in [5, 5.41) is 0. The summed E-state index contributed by atoms with van der Waals surface area (Å²) >= 11 is 0. The molecule has 1 aliphatic heterocycles. The summed E-state index contributed by atoms with van der Waals surface area (Å²) < 4.78 is 61.0. The molecular formula is C24H30F2N2O3S. The van der Waals surface area contributed by atoms with Crippen molar-refractivity contribution in [3.8, 4) is 11.1 Å². The average Bonchev–Trinajstić information content (AvgIpc) is 2.79. The molecule has 0 amide bonds. The van der Waals surface area contributed by atoms with Gasteiger partial charge in [-0.1, -0.05) is 12.1 Å². The Morgan fingerprint density at radius 1 is 0.969 bits per heavy atom. The Labute approximate surface area is 188 Å². The summed E-state index contributed by atoms with van der Waals surface area (Å²) in [6, 6.07) is 9.32. The molecule has 2 aromatic carbocycles. The summed E-state index contributed by atoms with van der Waals surface area (Å²) in [6.07, 6.45) is 4.89. The van der Waals surface area contributed by atoms with Gasteiger partial charge < -0.3 is 4.74 Å². The molecule has 0 aromatic heterocycles. The molecule has 8 heteroatoms. The molecule has 1 N–H and O–H groups in total. The van der Waals surface area contributed by atoms with E-state index < -0.39 is 21.7 Å². The van der Waals surface area contributed by atoms with E-state index in [4.69, 9.17) is 4.74 Å². The molecule has 2 aromatic rings. The van der Waals surface area contributed by atoms with Crippen LogP contribution in [-0.4, -0.2) is 52.2 Å². The van der Waals surface area contributed by atoms with Gasteiger partial charge in [-0.15, -0.1) is 0 Å². The zero-order chi connectivity index (χ0) is 22.6. The zero-order valence-corrected chi connectivity index (χ0v) is 18.9. The first-order valence-corrected chi connectivity index (χ1v) is 12.8. The third-order valence-corrected chi connectivity index (χ3v) is 8.07. The van der Waals surface area contributed by atoms with Crippen LogP contribution in [-0.2, 0) is 14.8 Å². The second kappa shape index (κ2) is 10.4. The Kier molecular flexibility index (Phi) is 7.55. The first kappa shape index (κ1) is 23.3. The molecule has 0 radical (unpaired) electrons. The fraction of sp³-hybridized carbons (Fsp3) is 0.500. The van der Waals surface area contributed by atoms with Crippen molar-refractivity contribution in [1.82, 2.24) is 9.62 Å². The smallest absolute Gasteiger partial charge is 0.240 e. The fourth-order valence-electron chi connectivity index (χ4n) is 4.58. The lowest BCUT2D eigenvalue weighted by molar-refractivity contribution is 0.0344. The van der Waals surface area contributed by atoms with Gasteiger partial charge in [0.25, 0.3) is 0 Å². The molecule has 0 bridgehead atoms. The maximum absolute atomic E-state index is 14.0. The number of halogens is 2. The SMILES string of the molecule is O=S(=O)(NC1CCC(CCN2CCOCC2)CC1)c1ccc(-c2ccc(F)cc2F)cc1. The van der Waals surface area contributed by atoms with Crippen LogP contribution in [0.15, 0.2) is 47.4 Å². The van der Waals surface area contributed by atoms with Crippen LogP contribution in [0.1, 0.15) is 32.1 Å². The standard InChI is InChI=1S/C24H30F2N2O3S/c25-20-5-10-23(24(26)17-20)19-3-8-22(9-4-19)32(29,30)27-21-6-1-18(2-7-21)11-12-28-13-15-31-16-14-28/h3-5,8-10,17-18,21,27H,1-2,6-7,11-16H2. The molecule has 0 spiro atoms. The highest BCUT2D eigenvalue weighted by Gasteiger charge is 2.26. The fourth-order valence-corrected chi connectivity index (χ4v) is 5.89. The molecule has 0 unspecified atom stereocenters. The van der Waals surface area contributed by atoms with Crippen molar-refractivity contribution < 1.29 is 21.9 Å². The molecule has 1 saturated carbocycles. The molecule has 1 saturated heterocycles. The monoisotopic (exact) mass is 464 g/mol. The van der Waals surface area contributed by atoms with Gasteiger partial charge in [0, 0.05) is 30.8 Å². The number of nitrogens with zero attached hydrogens (tertiary/aromatic N) is 1. The minimum absolute atomic E-state index is 0.0612. The van der Waals surface area contributed by atoms with E-state index in [2.05, 4.69) is 9.62 Å². The van der Waals surface area contributed by atoms with Crippen molar-refractivity contribution in [3.63, 3.8) is 0 Å². The lowest BCUT2D eigenvalue weighted by atomic mass is 9.84. The van der Waals surface area contributed by atoms with E-state index in [1.165, 1.54) is 24.3 Å². The number of sulfonamides is 1. The van der Waals surface area contributed by atoms with Gasteiger partial charge in [0.05, 0.1) is 18.1 Å². The molecule has 1 aliphatic carbocycles. The van der Waals surface area contributed by atoms with Crippen molar-refractivity contribution in [2.45, 2.75) is 43.0 Å². The molecule has 4 rings (SSSR count). The van der Waals surface area contributed by atoms with Gasteiger partial charge in [-0.2, -0.15) is 0 Å². The summed E-state index contributed by atoms with van der Waals surface area (Å²) in [6.45, 7) is 4.72. The van der Waals surface area contributed by atoms with Crippen LogP contribution in [0, 0.1) is 17.6 Å². The Balaban J connectivity index is 1.29. The van der Waals surface area contributed by atoms with Crippen LogP contribution in [0.5, 0.6) is 0 Å². The summed E-state index contributed by atoms with van der Waals surface area (Å²) in [4.78, 5) is 2.60. The highest BCUT2D eigenvalue weighted by atomic mass is 32.2. The maximum atomic E-state index is 14.0. The second-order valence-corrected chi connectivity index (χ2v) is 10.4. The van der Waals surface area contributed by atoms with Gasteiger partial charge in [-0.05, 0) is 74.4 Å². The van der Waals surface area contributed by atoms with Crippen LogP contribution in [0.2, 0.25) is 0 Å². The van der Waals surface area contributed by atoms with Crippen LogP contribution in [0.3, 0.4) is 0 Å². The quantitative estimate of drug-likeness (QED) is 0.668. The van der Waals surface area contributed by atoms with Crippen LogP contribution in [0.4, 0.5) is 8.78 Å². The van der Waals surface area contributed by atoms with Gasteiger partial charge in [-0.3, -0.25) is 4.90 Å². The molecule has 5 nitrogen and oxygen atoms in total. The summed E-state index contributed by atoms with van der Waals surface area (Å²) in [5.74, 6) is -0.682. The van der Waals surface area contributed by atoms with Gasteiger partial charge in [0.1, 0.15) is 11.6 Å². The van der Waals surface area contributed by atoms with E-state index in [9.17, 15) is 17.2 Å². The van der Waals surface area contributed by atoms with Gasteiger partial charge in [0.15, 0.2) is 0 Å². The zero-order valence-electron chi connectivity index (χ0n) is 18.1. The van der Waals surface area contributed by atoms with E-state index in [-0.39, 0.29) is 16.5 Å². The number of nitrogens with one attached hydrogen (secondary N) is 1. The van der Waals surface area contributed by atoms with Gasteiger partial charge in [0.2, 0.25) is 10.0 Å². The van der Waals surface area contributed by atoms with E-state index in [0.717, 1.165) is 71.0 Å². The largest absolute Gasteiger partial charge is 0.379 e. The number of hydrogen-bond acceptors (Lipinski definition) is 4. The van der Waals surface area contributed by atoms with Crippen LogP contribution in [0.25, 0.3) is 11.1 Å². The predicted octanol–water partition coefficient (Wildman–Crippen LogP) is 4.19. The highest BCUT2D eigenvalue weighted by molar-refractivity contribution is 7.89. The van der Waals surface area contributed by atoms with Crippen LogP contribution >= 0.6 is 0 Å². The molecule has 32 heavy (non-hydrogen) atoms. The third kappa shape index (κ3) is 5.92. The minimum atomic E-state index is -3.65. The third-order valence-electron chi connectivity index (χ3n) is 6.53. The Hall–Kier alpha value is -1.87. The van der Waals surface area contributed by atoms with Crippen molar-refractivity contribution in [2.75, 3.05) is 32.8 Å². The van der Waals surface area contributed by atoms with E-state index in [1.54, 1.807) is 12.1 Å². The molecule has 2 fully saturated rings. The Morgan fingerprint density at radius 3 is 2.31 bits per heavy atom. The van der Waals surface area contributed by atoms with Crippen LogP contribution < -0.4 is 4.72 Å². The minimum Gasteiger partial charge on any atom is -0.379 e. The number of benzene rings is 2. The Bertz CT molecular complexity index is 1000. The normalized spacial score (nSPS) is 22.7. The molecule has 0 atom stereocenters. The number of rotatable bonds is 7. The van der Waals surface area contributed by atoms with Gasteiger partial charge in [-0.25, -0.2) is 21.9 Å². The van der Waals surface area contributed by atoms with E-state index >= 15 is 0 Å². The first-order chi connectivity index (χ1) is 15.4.